The first-order valence-corrected chi connectivity index (χ1v) is 8.63. The van der Waals surface area contributed by atoms with E-state index >= 15 is 0 Å². The molecule has 2 rings (SSSR count). The van der Waals surface area contributed by atoms with Gasteiger partial charge in [0.15, 0.2) is 5.03 Å². The fourth-order valence-corrected chi connectivity index (χ4v) is 3.04. The van der Waals surface area contributed by atoms with Crippen LogP contribution in [-0.2, 0) is 16.6 Å². The second-order valence-corrected chi connectivity index (χ2v) is 7.40. The molecule has 1 aliphatic rings. The van der Waals surface area contributed by atoms with Gasteiger partial charge in [-0.05, 0) is 30.4 Å². The average molecular weight is 297 g/mol. The predicted octanol–water partition coefficient (Wildman–Crippen LogP) is 1.66. The summed E-state index contributed by atoms with van der Waals surface area (Å²) >= 11 is 0. The van der Waals surface area contributed by atoms with Crippen molar-refractivity contribution in [2.45, 2.75) is 50.7 Å². The highest BCUT2D eigenvalue weighted by atomic mass is 32.2. The van der Waals surface area contributed by atoms with Gasteiger partial charge < -0.3 is 5.32 Å². The number of hydrogen-bond acceptors (Lipinski definition) is 4. The van der Waals surface area contributed by atoms with Crippen LogP contribution < -0.4 is 10.0 Å². The molecule has 1 heterocycles. The molecule has 0 unspecified atom stereocenters. The second-order valence-electron chi connectivity index (χ2n) is 5.69. The van der Waals surface area contributed by atoms with Gasteiger partial charge in [-0.3, -0.25) is 0 Å². The Bertz CT molecular complexity index is 522. The predicted molar refractivity (Wildman–Crippen MR) is 78.7 cm³/mol. The molecule has 5 nitrogen and oxygen atoms in total. The van der Waals surface area contributed by atoms with Crippen LogP contribution >= 0.6 is 0 Å². The molecule has 1 saturated carbocycles. The van der Waals surface area contributed by atoms with Gasteiger partial charge in [0.2, 0.25) is 0 Å². The van der Waals surface area contributed by atoms with E-state index < -0.39 is 10.0 Å². The third kappa shape index (κ3) is 4.26. The van der Waals surface area contributed by atoms with Crippen molar-refractivity contribution in [1.82, 2.24) is 15.0 Å². The maximum absolute atomic E-state index is 12.1. The van der Waals surface area contributed by atoms with Gasteiger partial charge in [0, 0.05) is 25.3 Å². The fourth-order valence-electron chi connectivity index (χ4n) is 1.99. The Morgan fingerprint density at radius 1 is 1.35 bits per heavy atom. The van der Waals surface area contributed by atoms with Gasteiger partial charge in [-0.2, -0.15) is 0 Å². The van der Waals surface area contributed by atoms with Crippen molar-refractivity contribution in [3.8, 4) is 0 Å². The van der Waals surface area contributed by atoms with E-state index in [1.165, 1.54) is 6.42 Å². The molecule has 0 aromatic carbocycles. The van der Waals surface area contributed by atoms with Crippen LogP contribution in [0.4, 0.5) is 0 Å². The van der Waals surface area contributed by atoms with Crippen LogP contribution in [0.3, 0.4) is 0 Å². The topological polar surface area (TPSA) is 71.1 Å². The monoisotopic (exact) mass is 297 g/mol. The Balaban J connectivity index is 1.93. The highest BCUT2D eigenvalue weighted by Crippen LogP contribution is 2.25. The number of pyridine rings is 1. The van der Waals surface area contributed by atoms with Crippen molar-refractivity contribution in [2.75, 3.05) is 6.54 Å². The SMILES string of the molecule is CC(C)NCc1ccc(S(=O)(=O)NCC2CCC2)nc1. The fraction of sp³-hybridized carbons (Fsp3) is 0.643. The summed E-state index contributed by atoms with van der Waals surface area (Å²) in [6.45, 7) is 5.36. The number of aromatic nitrogens is 1. The van der Waals surface area contributed by atoms with Gasteiger partial charge in [-0.1, -0.05) is 26.3 Å². The van der Waals surface area contributed by atoms with E-state index in [-0.39, 0.29) is 5.03 Å². The Morgan fingerprint density at radius 2 is 2.10 bits per heavy atom. The summed E-state index contributed by atoms with van der Waals surface area (Å²) in [5.74, 6) is 0.499. The number of hydrogen-bond donors (Lipinski definition) is 2. The number of nitrogens with one attached hydrogen (secondary N) is 2. The minimum absolute atomic E-state index is 0.102. The number of sulfonamides is 1. The summed E-state index contributed by atoms with van der Waals surface area (Å²) in [4.78, 5) is 4.06. The van der Waals surface area contributed by atoms with Gasteiger partial charge in [0.05, 0.1) is 0 Å². The largest absolute Gasteiger partial charge is 0.310 e. The van der Waals surface area contributed by atoms with E-state index in [9.17, 15) is 8.42 Å². The van der Waals surface area contributed by atoms with Gasteiger partial charge in [0.1, 0.15) is 0 Å². The molecule has 6 heteroatoms. The molecule has 0 bridgehead atoms. The van der Waals surface area contributed by atoms with Gasteiger partial charge in [-0.15, -0.1) is 0 Å². The maximum Gasteiger partial charge on any atom is 0.258 e. The zero-order chi connectivity index (χ0) is 14.6. The first kappa shape index (κ1) is 15.4. The lowest BCUT2D eigenvalue weighted by molar-refractivity contribution is 0.316. The minimum atomic E-state index is -3.46. The lowest BCUT2D eigenvalue weighted by atomic mass is 9.86. The summed E-state index contributed by atoms with van der Waals surface area (Å²) in [5, 5.41) is 3.37. The zero-order valence-corrected chi connectivity index (χ0v) is 12.9. The summed E-state index contributed by atoms with van der Waals surface area (Å²) in [6.07, 6.45) is 5.07. The number of nitrogens with zero attached hydrogens (tertiary/aromatic N) is 1. The van der Waals surface area contributed by atoms with Crippen LogP contribution in [0.2, 0.25) is 0 Å². The van der Waals surface area contributed by atoms with E-state index in [4.69, 9.17) is 0 Å². The Morgan fingerprint density at radius 3 is 2.60 bits per heavy atom. The van der Waals surface area contributed by atoms with Crippen molar-refractivity contribution in [3.63, 3.8) is 0 Å². The second kappa shape index (κ2) is 6.65. The van der Waals surface area contributed by atoms with E-state index in [1.807, 2.05) is 0 Å². The summed E-state index contributed by atoms with van der Waals surface area (Å²) < 4.78 is 26.8. The standard InChI is InChI=1S/C14H23N3O2S/c1-11(2)15-8-13-6-7-14(16-9-13)20(18,19)17-10-12-4-3-5-12/h6-7,9,11-12,15,17H,3-5,8,10H2,1-2H3. The quantitative estimate of drug-likeness (QED) is 0.803. The van der Waals surface area contributed by atoms with Crippen LogP contribution in [0.25, 0.3) is 0 Å². The van der Waals surface area contributed by atoms with Crippen molar-refractivity contribution in [1.29, 1.82) is 0 Å². The van der Waals surface area contributed by atoms with E-state index in [1.54, 1.807) is 18.3 Å². The van der Waals surface area contributed by atoms with Crippen LogP contribution in [0, 0.1) is 5.92 Å². The molecular formula is C14H23N3O2S. The molecule has 0 amide bonds. The van der Waals surface area contributed by atoms with Crippen molar-refractivity contribution >= 4 is 10.0 Å². The molecular weight excluding hydrogens is 274 g/mol. The molecule has 20 heavy (non-hydrogen) atoms. The molecule has 1 aromatic rings. The molecule has 0 spiro atoms. The molecule has 0 saturated heterocycles. The third-order valence-electron chi connectivity index (χ3n) is 3.57. The first-order chi connectivity index (χ1) is 9.47. The zero-order valence-electron chi connectivity index (χ0n) is 12.1. The highest BCUT2D eigenvalue weighted by molar-refractivity contribution is 7.89. The molecule has 1 aliphatic carbocycles. The van der Waals surface area contributed by atoms with Gasteiger partial charge >= 0.3 is 0 Å². The van der Waals surface area contributed by atoms with Gasteiger partial charge in [-0.25, -0.2) is 18.1 Å². The smallest absolute Gasteiger partial charge is 0.258 e. The Hall–Kier alpha value is -0.980. The number of rotatable bonds is 7. The molecule has 0 atom stereocenters. The summed E-state index contributed by atoms with van der Waals surface area (Å²) in [7, 11) is -3.46. The van der Waals surface area contributed by atoms with Crippen LogP contribution in [0.1, 0.15) is 38.7 Å². The van der Waals surface area contributed by atoms with Crippen LogP contribution in [0.15, 0.2) is 23.4 Å². The molecule has 1 aromatic heterocycles. The average Bonchev–Trinajstić information content (AvgIpc) is 2.35. The maximum atomic E-state index is 12.1. The lowest BCUT2D eigenvalue weighted by Crippen LogP contribution is -2.32. The van der Waals surface area contributed by atoms with Crippen LogP contribution in [0.5, 0.6) is 0 Å². The molecule has 2 N–H and O–H groups in total. The van der Waals surface area contributed by atoms with Crippen LogP contribution in [-0.4, -0.2) is 26.0 Å². The van der Waals surface area contributed by atoms with Crippen molar-refractivity contribution < 1.29 is 8.42 Å². The van der Waals surface area contributed by atoms with E-state index in [2.05, 4.69) is 28.9 Å². The van der Waals surface area contributed by atoms with Gasteiger partial charge in [0.25, 0.3) is 10.0 Å². The molecule has 1 fully saturated rings. The molecule has 112 valence electrons. The van der Waals surface area contributed by atoms with Crippen molar-refractivity contribution in [3.05, 3.63) is 23.9 Å². The Kier molecular flexibility index (Phi) is 5.12. The normalized spacial score (nSPS) is 16.4. The lowest BCUT2D eigenvalue weighted by Gasteiger charge is -2.25. The van der Waals surface area contributed by atoms with E-state index in [0.29, 0.717) is 25.0 Å². The van der Waals surface area contributed by atoms with Crippen molar-refractivity contribution in [2.24, 2.45) is 5.92 Å². The minimum Gasteiger partial charge on any atom is -0.310 e. The summed E-state index contributed by atoms with van der Waals surface area (Å²) in [5.41, 5.74) is 0.983. The Labute approximate surface area is 121 Å². The van der Waals surface area contributed by atoms with E-state index in [0.717, 1.165) is 18.4 Å². The third-order valence-corrected chi connectivity index (χ3v) is 4.91. The highest BCUT2D eigenvalue weighted by Gasteiger charge is 2.21. The molecule has 0 radical (unpaired) electrons. The molecule has 0 aliphatic heterocycles. The summed E-state index contributed by atoms with van der Waals surface area (Å²) in [6, 6.07) is 3.77. The first-order valence-electron chi connectivity index (χ1n) is 7.15.